The predicted octanol–water partition coefficient (Wildman–Crippen LogP) is 3.74. The minimum Gasteiger partial charge on any atom is -0.497 e. The molecule has 0 N–H and O–H groups in total. The van der Waals surface area contributed by atoms with Crippen molar-refractivity contribution in [2.45, 2.75) is 13.0 Å². The van der Waals surface area contributed by atoms with E-state index in [9.17, 15) is 0 Å². The van der Waals surface area contributed by atoms with Crippen LogP contribution >= 0.6 is 0 Å². The highest BCUT2D eigenvalue weighted by Crippen LogP contribution is 2.29. The fourth-order valence-electron chi connectivity index (χ4n) is 2.14. The first kappa shape index (κ1) is 12.7. The first-order chi connectivity index (χ1) is 8.76. The van der Waals surface area contributed by atoms with Crippen molar-refractivity contribution in [1.29, 1.82) is 0 Å². The summed E-state index contributed by atoms with van der Waals surface area (Å²) in [7, 11) is 3.42. The number of ether oxygens (including phenoxy) is 2. The molecule has 18 heavy (non-hydrogen) atoms. The standard InChI is InChI=1S/C16H18O2/c1-12-11-14(17-2)9-10-15(12)16(18-3)13-7-5-4-6-8-13/h4-11,16H,1-3H3. The molecule has 0 spiro atoms. The Morgan fingerprint density at radius 3 is 2.22 bits per heavy atom. The Morgan fingerprint density at radius 2 is 1.67 bits per heavy atom. The largest absolute Gasteiger partial charge is 0.497 e. The first-order valence-electron chi connectivity index (χ1n) is 5.98. The summed E-state index contributed by atoms with van der Waals surface area (Å²) in [5.74, 6) is 0.874. The minimum atomic E-state index is -0.0305. The zero-order valence-electron chi connectivity index (χ0n) is 11.0. The number of aryl methyl sites for hydroxylation is 1. The number of methoxy groups -OCH3 is 2. The van der Waals surface area contributed by atoms with Crippen LogP contribution in [0.4, 0.5) is 0 Å². The average Bonchev–Trinajstić information content (AvgIpc) is 2.42. The summed E-state index contributed by atoms with van der Waals surface area (Å²) in [6, 6.07) is 16.3. The van der Waals surface area contributed by atoms with Crippen LogP contribution in [0, 0.1) is 6.92 Å². The fraction of sp³-hybridized carbons (Fsp3) is 0.250. The Bertz CT molecular complexity index is 506. The summed E-state index contributed by atoms with van der Waals surface area (Å²) in [4.78, 5) is 0. The summed E-state index contributed by atoms with van der Waals surface area (Å²) in [6.45, 7) is 2.08. The van der Waals surface area contributed by atoms with Crippen LogP contribution in [0.2, 0.25) is 0 Å². The molecule has 0 radical (unpaired) electrons. The molecule has 94 valence electrons. The third-order valence-electron chi connectivity index (χ3n) is 3.10. The van der Waals surface area contributed by atoms with E-state index >= 15 is 0 Å². The minimum absolute atomic E-state index is 0.0305. The van der Waals surface area contributed by atoms with Crippen molar-refractivity contribution >= 4 is 0 Å². The van der Waals surface area contributed by atoms with Gasteiger partial charge < -0.3 is 9.47 Å². The molecule has 2 aromatic carbocycles. The van der Waals surface area contributed by atoms with E-state index < -0.39 is 0 Å². The smallest absolute Gasteiger partial charge is 0.119 e. The lowest BCUT2D eigenvalue weighted by Gasteiger charge is -2.19. The third kappa shape index (κ3) is 2.54. The maximum Gasteiger partial charge on any atom is 0.119 e. The molecule has 1 atom stereocenters. The number of hydrogen-bond donors (Lipinski definition) is 0. The summed E-state index contributed by atoms with van der Waals surface area (Å²) in [6.07, 6.45) is -0.0305. The van der Waals surface area contributed by atoms with Crippen LogP contribution in [0.3, 0.4) is 0 Å². The molecule has 0 bridgehead atoms. The van der Waals surface area contributed by atoms with E-state index in [0.717, 1.165) is 11.3 Å². The quantitative estimate of drug-likeness (QED) is 0.813. The number of hydrogen-bond acceptors (Lipinski definition) is 2. The molecule has 2 aromatic rings. The lowest BCUT2D eigenvalue weighted by Crippen LogP contribution is -2.05. The van der Waals surface area contributed by atoms with E-state index in [-0.39, 0.29) is 6.10 Å². The van der Waals surface area contributed by atoms with Gasteiger partial charge in [-0.2, -0.15) is 0 Å². The van der Waals surface area contributed by atoms with Crippen LogP contribution in [0.15, 0.2) is 48.5 Å². The highest BCUT2D eigenvalue weighted by Gasteiger charge is 2.15. The molecule has 0 aromatic heterocycles. The van der Waals surface area contributed by atoms with Crippen molar-refractivity contribution < 1.29 is 9.47 Å². The van der Waals surface area contributed by atoms with Crippen LogP contribution in [0.25, 0.3) is 0 Å². The second-order valence-electron chi connectivity index (χ2n) is 4.25. The Labute approximate surface area is 108 Å². The molecule has 0 saturated carbocycles. The monoisotopic (exact) mass is 242 g/mol. The summed E-state index contributed by atoms with van der Waals surface area (Å²) < 4.78 is 10.9. The highest BCUT2D eigenvalue weighted by molar-refractivity contribution is 5.40. The van der Waals surface area contributed by atoms with Crippen molar-refractivity contribution in [3.8, 4) is 5.75 Å². The van der Waals surface area contributed by atoms with Gasteiger partial charge >= 0.3 is 0 Å². The van der Waals surface area contributed by atoms with Gasteiger partial charge in [0, 0.05) is 7.11 Å². The van der Waals surface area contributed by atoms with Gasteiger partial charge in [-0.05, 0) is 35.7 Å². The maximum absolute atomic E-state index is 5.64. The van der Waals surface area contributed by atoms with Gasteiger partial charge in [0.15, 0.2) is 0 Å². The van der Waals surface area contributed by atoms with E-state index in [4.69, 9.17) is 9.47 Å². The molecule has 0 aliphatic heterocycles. The van der Waals surface area contributed by atoms with Gasteiger partial charge in [-0.25, -0.2) is 0 Å². The summed E-state index contributed by atoms with van der Waals surface area (Å²) in [5, 5.41) is 0. The highest BCUT2D eigenvalue weighted by atomic mass is 16.5. The summed E-state index contributed by atoms with van der Waals surface area (Å²) in [5.41, 5.74) is 3.50. The second-order valence-corrected chi connectivity index (χ2v) is 4.25. The zero-order valence-corrected chi connectivity index (χ0v) is 11.0. The van der Waals surface area contributed by atoms with Gasteiger partial charge in [-0.15, -0.1) is 0 Å². The van der Waals surface area contributed by atoms with Gasteiger partial charge in [-0.3, -0.25) is 0 Å². The van der Waals surface area contributed by atoms with E-state index in [1.54, 1.807) is 14.2 Å². The summed E-state index contributed by atoms with van der Waals surface area (Å²) >= 11 is 0. The third-order valence-corrected chi connectivity index (χ3v) is 3.10. The van der Waals surface area contributed by atoms with E-state index in [1.165, 1.54) is 11.1 Å². The SMILES string of the molecule is COc1ccc(C(OC)c2ccccc2)c(C)c1. The van der Waals surface area contributed by atoms with Crippen LogP contribution in [0.1, 0.15) is 22.8 Å². The topological polar surface area (TPSA) is 18.5 Å². The van der Waals surface area contributed by atoms with Crippen LogP contribution in [-0.4, -0.2) is 14.2 Å². The maximum atomic E-state index is 5.64. The van der Waals surface area contributed by atoms with Gasteiger partial charge in [0.25, 0.3) is 0 Å². The molecule has 0 aliphatic rings. The Kier molecular flexibility index (Phi) is 4.00. The Morgan fingerprint density at radius 1 is 0.944 bits per heavy atom. The molecule has 1 unspecified atom stereocenters. The van der Waals surface area contributed by atoms with E-state index in [2.05, 4.69) is 25.1 Å². The first-order valence-corrected chi connectivity index (χ1v) is 5.98. The van der Waals surface area contributed by atoms with Crippen LogP contribution in [0.5, 0.6) is 5.75 Å². The lowest BCUT2D eigenvalue weighted by molar-refractivity contribution is 0.136. The molecule has 0 aliphatic carbocycles. The van der Waals surface area contributed by atoms with Crippen LogP contribution < -0.4 is 4.74 Å². The van der Waals surface area contributed by atoms with E-state index in [0.29, 0.717) is 0 Å². The molecular weight excluding hydrogens is 224 g/mol. The van der Waals surface area contributed by atoms with E-state index in [1.807, 2.05) is 30.3 Å². The normalized spacial score (nSPS) is 12.2. The predicted molar refractivity (Wildman–Crippen MR) is 73.0 cm³/mol. The Balaban J connectivity index is 2.39. The molecule has 2 heteroatoms. The van der Waals surface area contributed by atoms with Crippen LogP contribution in [-0.2, 0) is 4.74 Å². The van der Waals surface area contributed by atoms with Crippen molar-refractivity contribution in [3.63, 3.8) is 0 Å². The lowest BCUT2D eigenvalue weighted by atomic mass is 9.97. The second kappa shape index (κ2) is 5.69. The van der Waals surface area contributed by atoms with Crippen molar-refractivity contribution in [3.05, 3.63) is 65.2 Å². The van der Waals surface area contributed by atoms with Gasteiger partial charge in [-0.1, -0.05) is 36.4 Å². The molecular formula is C16H18O2. The van der Waals surface area contributed by atoms with Gasteiger partial charge in [0.2, 0.25) is 0 Å². The number of benzene rings is 2. The average molecular weight is 242 g/mol. The van der Waals surface area contributed by atoms with Crippen molar-refractivity contribution in [1.82, 2.24) is 0 Å². The molecule has 0 fully saturated rings. The molecule has 0 heterocycles. The van der Waals surface area contributed by atoms with Gasteiger partial charge in [0.05, 0.1) is 7.11 Å². The number of rotatable bonds is 4. The molecule has 0 saturated heterocycles. The zero-order chi connectivity index (χ0) is 13.0. The van der Waals surface area contributed by atoms with Crippen molar-refractivity contribution in [2.24, 2.45) is 0 Å². The molecule has 0 amide bonds. The fourth-order valence-corrected chi connectivity index (χ4v) is 2.14. The molecule has 2 rings (SSSR count). The molecule has 2 nitrogen and oxygen atoms in total. The Hall–Kier alpha value is -1.80. The van der Waals surface area contributed by atoms with Crippen molar-refractivity contribution in [2.75, 3.05) is 14.2 Å². The van der Waals surface area contributed by atoms with Gasteiger partial charge in [0.1, 0.15) is 11.9 Å².